The number of methoxy groups -OCH3 is 2. The highest BCUT2D eigenvalue weighted by Crippen LogP contribution is 2.34. The van der Waals surface area contributed by atoms with Crippen molar-refractivity contribution in [3.8, 4) is 11.5 Å². The minimum atomic E-state index is -0.265. The summed E-state index contributed by atoms with van der Waals surface area (Å²) in [5.74, 6) is 1.68. The summed E-state index contributed by atoms with van der Waals surface area (Å²) >= 11 is 7.60. The minimum absolute atomic E-state index is 0.0414. The van der Waals surface area contributed by atoms with Crippen LogP contribution in [0.4, 0.5) is 5.69 Å². The minimum Gasteiger partial charge on any atom is -0.493 e. The molecule has 36 heavy (non-hydrogen) atoms. The molecule has 1 saturated heterocycles. The molecule has 0 aliphatic carbocycles. The zero-order chi connectivity index (χ0) is 25.8. The number of thioether (sulfide) groups is 1. The number of amidine groups is 2. The Labute approximate surface area is 220 Å². The van der Waals surface area contributed by atoms with Crippen LogP contribution in [0.1, 0.15) is 18.1 Å². The van der Waals surface area contributed by atoms with Gasteiger partial charge in [-0.15, -0.1) is 0 Å². The highest BCUT2D eigenvalue weighted by molar-refractivity contribution is 8.14. The zero-order valence-electron chi connectivity index (χ0n) is 20.7. The van der Waals surface area contributed by atoms with Crippen LogP contribution in [0.15, 0.2) is 41.4 Å². The molecule has 0 spiro atoms. The fourth-order valence-electron chi connectivity index (χ4n) is 4.32. The van der Waals surface area contributed by atoms with Crippen molar-refractivity contribution in [3.05, 3.63) is 52.5 Å². The number of anilines is 1. The molecule has 2 aromatic rings. The van der Waals surface area contributed by atoms with Gasteiger partial charge in [-0.05, 0) is 55.7 Å². The third-order valence-electron chi connectivity index (χ3n) is 6.26. The topological polar surface area (TPSA) is 111 Å². The van der Waals surface area contributed by atoms with Crippen molar-refractivity contribution in [1.29, 1.82) is 5.41 Å². The molecule has 9 nitrogen and oxygen atoms in total. The number of aryl methyl sites for hydroxylation is 1. The van der Waals surface area contributed by atoms with Crippen LogP contribution >= 0.6 is 23.4 Å². The molecule has 1 amide bonds. The first kappa shape index (κ1) is 26.3. The van der Waals surface area contributed by atoms with E-state index in [1.54, 1.807) is 14.2 Å². The van der Waals surface area contributed by atoms with Gasteiger partial charge in [0, 0.05) is 17.6 Å². The van der Waals surface area contributed by atoms with Crippen LogP contribution in [0.2, 0.25) is 5.02 Å². The maximum Gasteiger partial charge on any atom is 0.230 e. The number of hydrogen-bond donors (Lipinski definition) is 4. The first-order valence-corrected chi connectivity index (χ1v) is 13.0. The molecule has 4 N–H and O–H groups in total. The van der Waals surface area contributed by atoms with Crippen molar-refractivity contribution in [1.82, 2.24) is 16.2 Å². The fourth-order valence-corrected chi connectivity index (χ4v) is 5.36. The van der Waals surface area contributed by atoms with Crippen molar-refractivity contribution in [2.75, 3.05) is 31.4 Å². The first-order valence-electron chi connectivity index (χ1n) is 11.7. The van der Waals surface area contributed by atoms with E-state index in [4.69, 9.17) is 31.5 Å². The summed E-state index contributed by atoms with van der Waals surface area (Å²) in [6.45, 7) is 4.49. The van der Waals surface area contributed by atoms with Gasteiger partial charge >= 0.3 is 0 Å². The molecule has 0 saturated carbocycles. The van der Waals surface area contributed by atoms with Crippen LogP contribution in [0.25, 0.3) is 0 Å². The molecule has 192 valence electrons. The molecule has 2 heterocycles. The van der Waals surface area contributed by atoms with Gasteiger partial charge in [-0.25, -0.2) is 10.4 Å². The zero-order valence-corrected chi connectivity index (χ0v) is 22.3. The predicted octanol–water partition coefficient (Wildman–Crippen LogP) is 3.35. The summed E-state index contributed by atoms with van der Waals surface area (Å²) in [5.41, 5.74) is 9.14. The summed E-state index contributed by atoms with van der Waals surface area (Å²) in [7, 11) is 3.20. The second-order valence-corrected chi connectivity index (χ2v) is 10.1. The Balaban J connectivity index is 1.42. The molecule has 2 aliphatic rings. The molecule has 1 fully saturated rings. The lowest BCUT2D eigenvalue weighted by Crippen LogP contribution is -2.50. The van der Waals surface area contributed by atoms with Gasteiger partial charge in [0.1, 0.15) is 12.0 Å². The van der Waals surface area contributed by atoms with E-state index >= 15 is 0 Å². The van der Waals surface area contributed by atoms with Gasteiger partial charge < -0.3 is 14.8 Å². The van der Waals surface area contributed by atoms with Gasteiger partial charge in [0.05, 0.1) is 31.6 Å². The second-order valence-electron chi connectivity index (χ2n) is 8.69. The molecule has 0 aromatic heterocycles. The normalized spacial score (nSPS) is 21.1. The number of carbonyl (C=O) groups excluding carboxylic acids is 1. The number of rotatable bonds is 8. The number of ether oxygens (including phenoxy) is 2. The largest absolute Gasteiger partial charge is 0.493 e. The number of aliphatic imine (C=N–C) groups is 1. The molecule has 11 heteroatoms. The third kappa shape index (κ3) is 5.62. The van der Waals surface area contributed by atoms with Crippen LogP contribution < -0.4 is 30.5 Å². The van der Waals surface area contributed by atoms with Crippen molar-refractivity contribution < 1.29 is 14.3 Å². The van der Waals surface area contributed by atoms with E-state index in [1.165, 1.54) is 11.8 Å². The quantitative estimate of drug-likeness (QED) is 0.414. The molecule has 0 radical (unpaired) electrons. The standard InChI is InChI=1S/C25H31ClN6O3S/c1-14-5-7-17(26)12-18(14)32-23(27)22-15(2)30-31-24(22)29-25(32)36-13-21(33)28-10-9-16-6-8-19(34-3)20(11-16)35-4/h5-8,11-12,15,22,24,27,30-31H,9-10,13H2,1-4H3,(H,28,33). The highest BCUT2D eigenvalue weighted by Gasteiger charge is 2.44. The number of nitrogens with zero attached hydrogens (tertiary/aromatic N) is 2. The summed E-state index contributed by atoms with van der Waals surface area (Å²) in [6.07, 6.45) is 0.395. The molecule has 4 rings (SSSR count). The van der Waals surface area contributed by atoms with Gasteiger partial charge in [-0.3, -0.25) is 20.5 Å². The number of hydrogen-bond acceptors (Lipinski definition) is 8. The number of carbonyl (C=O) groups is 1. The molecular formula is C25H31ClN6O3S. The van der Waals surface area contributed by atoms with E-state index in [0.29, 0.717) is 40.5 Å². The summed E-state index contributed by atoms with van der Waals surface area (Å²) in [4.78, 5) is 19.3. The van der Waals surface area contributed by atoms with Gasteiger partial charge in [-0.2, -0.15) is 0 Å². The Morgan fingerprint density at radius 2 is 1.97 bits per heavy atom. The van der Waals surface area contributed by atoms with E-state index in [1.807, 2.05) is 55.1 Å². The summed E-state index contributed by atoms with van der Waals surface area (Å²) in [6, 6.07) is 11.4. The monoisotopic (exact) mass is 530 g/mol. The van der Waals surface area contributed by atoms with Crippen molar-refractivity contribution in [2.45, 2.75) is 32.5 Å². The average Bonchev–Trinajstić information content (AvgIpc) is 3.25. The lowest BCUT2D eigenvalue weighted by Gasteiger charge is -2.36. The summed E-state index contributed by atoms with van der Waals surface area (Å²) < 4.78 is 10.6. The van der Waals surface area contributed by atoms with Crippen LogP contribution in [0, 0.1) is 18.3 Å². The van der Waals surface area contributed by atoms with Crippen LogP contribution in [-0.2, 0) is 11.2 Å². The molecule has 2 aliphatic heterocycles. The Bertz CT molecular complexity index is 1180. The Hall–Kier alpha value is -2.79. The third-order valence-corrected chi connectivity index (χ3v) is 7.45. The highest BCUT2D eigenvalue weighted by atomic mass is 35.5. The maximum absolute atomic E-state index is 12.7. The number of fused-ring (bicyclic) bond motifs is 1. The van der Waals surface area contributed by atoms with Crippen LogP contribution in [0.3, 0.4) is 0 Å². The SMILES string of the molecule is COc1ccc(CCNC(=O)CSC2=NC3NNC(C)C3C(=N)N2c2cc(Cl)ccc2C)cc1OC. The Kier molecular flexibility index (Phi) is 8.40. The molecule has 0 bridgehead atoms. The number of halogens is 1. The van der Waals surface area contributed by atoms with E-state index in [2.05, 4.69) is 16.2 Å². The lowest BCUT2D eigenvalue weighted by molar-refractivity contribution is -0.118. The maximum atomic E-state index is 12.7. The molecular weight excluding hydrogens is 500 g/mol. The molecule has 2 aromatic carbocycles. The van der Waals surface area contributed by atoms with Gasteiger partial charge in [-0.1, -0.05) is 35.5 Å². The molecule has 3 atom stereocenters. The first-order chi connectivity index (χ1) is 17.3. The van der Waals surface area contributed by atoms with Crippen molar-refractivity contribution >= 4 is 46.0 Å². The fraction of sp³-hybridized carbons (Fsp3) is 0.400. The van der Waals surface area contributed by atoms with Gasteiger partial charge in [0.15, 0.2) is 16.7 Å². The van der Waals surface area contributed by atoms with Crippen molar-refractivity contribution in [3.63, 3.8) is 0 Å². The van der Waals surface area contributed by atoms with Gasteiger partial charge in [0.25, 0.3) is 0 Å². The number of benzene rings is 2. The van der Waals surface area contributed by atoms with E-state index in [0.717, 1.165) is 16.8 Å². The smallest absolute Gasteiger partial charge is 0.230 e. The predicted molar refractivity (Wildman–Crippen MR) is 146 cm³/mol. The number of hydrazine groups is 1. The lowest BCUT2D eigenvalue weighted by atomic mass is 9.96. The second kappa shape index (κ2) is 11.5. The van der Waals surface area contributed by atoms with E-state index < -0.39 is 0 Å². The Morgan fingerprint density at radius 3 is 2.72 bits per heavy atom. The summed E-state index contributed by atoms with van der Waals surface area (Å²) in [5, 5.41) is 13.1. The number of amides is 1. The average molecular weight is 531 g/mol. The number of nitrogens with one attached hydrogen (secondary N) is 4. The van der Waals surface area contributed by atoms with Gasteiger partial charge in [0.2, 0.25) is 5.91 Å². The molecule has 3 unspecified atom stereocenters. The van der Waals surface area contributed by atoms with Crippen LogP contribution in [0.5, 0.6) is 11.5 Å². The van der Waals surface area contributed by atoms with E-state index in [-0.39, 0.29) is 29.8 Å². The van der Waals surface area contributed by atoms with Crippen molar-refractivity contribution in [2.24, 2.45) is 10.9 Å². The Morgan fingerprint density at radius 1 is 1.19 bits per heavy atom. The van der Waals surface area contributed by atoms with Crippen LogP contribution in [-0.4, -0.2) is 55.6 Å². The van der Waals surface area contributed by atoms with E-state index in [9.17, 15) is 4.79 Å².